The Kier molecular flexibility index (Phi) is 5.69. The fourth-order valence-electron chi connectivity index (χ4n) is 2.44. The van der Waals surface area contributed by atoms with Crippen LogP contribution < -0.4 is 5.32 Å². The van der Waals surface area contributed by atoms with E-state index in [1.54, 1.807) is 0 Å². The number of rotatable bonds is 7. The zero-order valence-corrected chi connectivity index (χ0v) is 12.0. The fraction of sp³-hybridized carbons (Fsp3) is 0.786. The molecule has 3 nitrogen and oxygen atoms in total. The van der Waals surface area contributed by atoms with Crippen LogP contribution in [0.1, 0.15) is 63.0 Å². The number of hydrogen-bond acceptors (Lipinski definition) is 2. The summed E-state index contributed by atoms with van der Waals surface area (Å²) in [5.74, 6) is 0. The Labute approximate surface area is 106 Å². The number of hydrogen-bond donors (Lipinski definition) is 1. The molecule has 17 heavy (non-hydrogen) atoms. The maximum atomic E-state index is 4.68. The number of aromatic nitrogens is 2. The zero-order valence-electron chi connectivity index (χ0n) is 12.0. The van der Waals surface area contributed by atoms with E-state index < -0.39 is 0 Å². The van der Waals surface area contributed by atoms with E-state index in [-0.39, 0.29) is 0 Å². The van der Waals surface area contributed by atoms with Crippen molar-refractivity contribution in [3.05, 3.63) is 17.0 Å². The molecule has 0 saturated carbocycles. The van der Waals surface area contributed by atoms with E-state index in [0.717, 1.165) is 19.5 Å². The van der Waals surface area contributed by atoms with Gasteiger partial charge in [-0.25, -0.2) is 0 Å². The van der Waals surface area contributed by atoms with Crippen LogP contribution in [0.2, 0.25) is 0 Å². The monoisotopic (exact) mass is 237 g/mol. The second kappa shape index (κ2) is 6.80. The molecule has 0 fully saturated rings. The fourth-order valence-corrected chi connectivity index (χ4v) is 2.44. The van der Waals surface area contributed by atoms with E-state index in [4.69, 9.17) is 0 Å². The summed E-state index contributed by atoms with van der Waals surface area (Å²) in [7, 11) is 0. The average molecular weight is 237 g/mol. The summed E-state index contributed by atoms with van der Waals surface area (Å²) >= 11 is 0. The molecule has 98 valence electrons. The molecule has 1 atom stereocenters. The zero-order chi connectivity index (χ0) is 12.8. The predicted octanol–water partition coefficient (Wildman–Crippen LogP) is 3.36. The van der Waals surface area contributed by atoms with Crippen LogP contribution in [0.25, 0.3) is 0 Å². The van der Waals surface area contributed by atoms with Crippen LogP contribution in [0.3, 0.4) is 0 Å². The highest BCUT2D eigenvalue weighted by atomic mass is 15.3. The number of aryl methyl sites for hydroxylation is 2. The SMILES string of the molecule is CCCCn1nc(C)c(C(CC)NCC)c1C. The van der Waals surface area contributed by atoms with Gasteiger partial charge in [0.2, 0.25) is 0 Å². The minimum Gasteiger partial charge on any atom is -0.310 e. The topological polar surface area (TPSA) is 29.9 Å². The van der Waals surface area contributed by atoms with Gasteiger partial charge in [0.1, 0.15) is 0 Å². The molecule has 0 bridgehead atoms. The lowest BCUT2D eigenvalue weighted by Gasteiger charge is -2.16. The molecule has 0 radical (unpaired) electrons. The van der Waals surface area contributed by atoms with Gasteiger partial charge < -0.3 is 5.32 Å². The smallest absolute Gasteiger partial charge is 0.0644 e. The van der Waals surface area contributed by atoms with Gasteiger partial charge in [0.15, 0.2) is 0 Å². The van der Waals surface area contributed by atoms with Crippen molar-refractivity contribution >= 4 is 0 Å². The van der Waals surface area contributed by atoms with Gasteiger partial charge in [-0.15, -0.1) is 0 Å². The molecule has 0 saturated heterocycles. The molecule has 1 aromatic rings. The van der Waals surface area contributed by atoms with Gasteiger partial charge in [-0.05, 0) is 33.2 Å². The highest BCUT2D eigenvalue weighted by molar-refractivity contribution is 5.28. The van der Waals surface area contributed by atoms with Gasteiger partial charge in [-0.3, -0.25) is 4.68 Å². The van der Waals surface area contributed by atoms with Crippen molar-refractivity contribution in [2.24, 2.45) is 0 Å². The van der Waals surface area contributed by atoms with Crippen LogP contribution in [0, 0.1) is 13.8 Å². The maximum absolute atomic E-state index is 4.68. The molecule has 1 rings (SSSR count). The van der Waals surface area contributed by atoms with Crippen molar-refractivity contribution in [1.29, 1.82) is 0 Å². The molecular formula is C14H27N3. The Morgan fingerprint density at radius 1 is 1.24 bits per heavy atom. The number of unbranched alkanes of at least 4 members (excludes halogenated alkanes) is 1. The highest BCUT2D eigenvalue weighted by Crippen LogP contribution is 2.24. The first-order valence-corrected chi connectivity index (χ1v) is 6.92. The minimum atomic E-state index is 0.454. The molecule has 0 aliphatic carbocycles. The van der Waals surface area contributed by atoms with E-state index in [2.05, 4.69) is 49.7 Å². The van der Waals surface area contributed by atoms with Crippen LogP contribution in [-0.4, -0.2) is 16.3 Å². The van der Waals surface area contributed by atoms with E-state index in [1.807, 2.05) is 0 Å². The largest absolute Gasteiger partial charge is 0.310 e. The standard InChI is InChI=1S/C14H27N3/c1-6-9-10-17-12(5)14(11(4)16-17)13(7-2)15-8-3/h13,15H,6-10H2,1-5H3. The predicted molar refractivity (Wildman–Crippen MR) is 73.3 cm³/mol. The van der Waals surface area contributed by atoms with Crippen molar-refractivity contribution in [2.75, 3.05) is 6.54 Å². The molecule has 0 aliphatic heterocycles. The van der Waals surface area contributed by atoms with Gasteiger partial charge in [0, 0.05) is 23.8 Å². The second-order valence-electron chi connectivity index (χ2n) is 4.68. The summed E-state index contributed by atoms with van der Waals surface area (Å²) in [6.07, 6.45) is 3.55. The first kappa shape index (κ1) is 14.2. The molecule has 3 heteroatoms. The second-order valence-corrected chi connectivity index (χ2v) is 4.68. The van der Waals surface area contributed by atoms with Gasteiger partial charge >= 0.3 is 0 Å². The molecule has 0 amide bonds. The van der Waals surface area contributed by atoms with Crippen molar-refractivity contribution in [2.45, 2.75) is 66.5 Å². The Morgan fingerprint density at radius 3 is 2.47 bits per heavy atom. The Bertz CT molecular complexity index is 341. The summed E-state index contributed by atoms with van der Waals surface area (Å²) < 4.78 is 2.17. The molecule has 1 heterocycles. The van der Waals surface area contributed by atoms with Crippen molar-refractivity contribution in [3.63, 3.8) is 0 Å². The van der Waals surface area contributed by atoms with Crippen LogP contribution in [0.15, 0.2) is 0 Å². The van der Waals surface area contributed by atoms with Gasteiger partial charge in [-0.1, -0.05) is 27.2 Å². The van der Waals surface area contributed by atoms with Gasteiger partial charge in [-0.2, -0.15) is 5.10 Å². The van der Waals surface area contributed by atoms with Crippen LogP contribution >= 0.6 is 0 Å². The van der Waals surface area contributed by atoms with Crippen molar-refractivity contribution in [1.82, 2.24) is 15.1 Å². The van der Waals surface area contributed by atoms with Crippen molar-refractivity contribution < 1.29 is 0 Å². The molecule has 1 N–H and O–H groups in total. The third-order valence-electron chi connectivity index (χ3n) is 3.37. The van der Waals surface area contributed by atoms with E-state index in [1.165, 1.54) is 29.8 Å². The van der Waals surface area contributed by atoms with Crippen LogP contribution in [0.4, 0.5) is 0 Å². The lowest BCUT2D eigenvalue weighted by Crippen LogP contribution is -2.21. The summed E-state index contributed by atoms with van der Waals surface area (Å²) in [6.45, 7) is 13.0. The van der Waals surface area contributed by atoms with Crippen LogP contribution in [-0.2, 0) is 6.54 Å². The van der Waals surface area contributed by atoms with E-state index >= 15 is 0 Å². The Hall–Kier alpha value is -0.830. The lowest BCUT2D eigenvalue weighted by molar-refractivity contribution is 0.526. The summed E-state index contributed by atoms with van der Waals surface area (Å²) in [5.41, 5.74) is 3.93. The van der Waals surface area contributed by atoms with E-state index in [9.17, 15) is 0 Å². The first-order chi connectivity index (χ1) is 8.15. The average Bonchev–Trinajstić information content (AvgIpc) is 2.59. The Balaban J connectivity index is 2.94. The molecule has 0 aromatic carbocycles. The van der Waals surface area contributed by atoms with Crippen LogP contribution in [0.5, 0.6) is 0 Å². The highest BCUT2D eigenvalue weighted by Gasteiger charge is 2.18. The number of nitrogens with one attached hydrogen (secondary N) is 1. The first-order valence-electron chi connectivity index (χ1n) is 6.92. The quantitative estimate of drug-likeness (QED) is 0.788. The van der Waals surface area contributed by atoms with Crippen molar-refractivity contribution in [3.8, 4) is 0 Å². The third kappa shape index (κ3) is 3.32. The lowest BCUT2D eigenvalue weighted by atomic mass is 10.0. The van der Waals surface area contributed by atoms with Gasteiger partial charge in [0.25, 0.3) is 0 Å². The normalized spacial score (nSPS) is 13.0. The summed E-state index contributed by atoms with van der Waals surface area (Å²) in [5, 5.41) is 8.22. The maximum Gasteiger partial charge on any atom is 0.0644 e. The minimum absolute atomic E-state index is 0.454. The molecule has 1 unspecified atom stereocenters. The number of nitrogens with zero attached hydrogens (tertiary/aromatic N) is 2. The summed E-state index contributed by atoms with van der Waals surface area (Å²) in [4.78, 5) is 0. The molecule has 0 aliphatic rings. The Morgan fingerprint density at radius 2 is 1.94 bits per heavy atom. The molecule has 0 spiro atoms. The molecule has 1 aromatic heterocycles. The third-order valence-corrected chi connectivity index (χ3v) is 3.37. The summed E-state index contributed by atoms with van der Waals surface area (Å²) in [6, 6.07) is 0.454. The van der Waals surface area contributed by atoms with E-state index in [0.29, 0.717) is 6.04 Å². The molecular weight excluding hydrogens is 210 g/mol. The van der Waals surface area contributed by atoms with Gasteiger partial charge in [0.05, 0.1) is 5.69 Å².